The number of hydrogen-bond acceptors (Lipinski definition) is 7. The fourth-order valence-electron chi connectivity index (χ4n) is 1.34. The van der Waals surface area contributed by atoms with Gasteiger partial charge in [0.2, 0.25) is 11.9 Å². The molecule has 0 spiro atoms. The van der Waals surface area contributed by atoms with Crippen LogP contribution in [0.1, 0.15) is 13.3 Å². The van der Waals surface area contributed by atoms with Gasteiger partial charge in [-0.15, -0.1) is 0 Å². The first-order chi connectivity index (χ1) is 8.65. The van der Waals surface area contributed by atoms with Crippen molar-refractivity contribution in [2.24, 2.45) is 0 Å². The number of rotatable bonds is 8. The van der Waals surface area contributed by atoms with Gasteiger partial charge < -0.3 is 20.3 Å². The molecule has 1 aromatic rings. The minimum atomic E-state index is 0.340. The Kier molecular flexibility index (Phi) is 6.13. The molecule has 7 nitrogen and oxygen atoms in total. The van der Waals surface area contributed by atoms with Crippen molar-refractivity contribution in [2.75, 3.05) is 51.5 Å². The Labute approximate surface area is 108 Å². The van der Waals surface area contributed by atoms with Crippen molar-refractivity contribution >= 4 is 11.9 Å². The van der Waals surface area contributed by atoms with Gasteiger partial charge in [0, 0.05) is 13.6 Å². The molecule has 0 saturated carbocycles. The highest BCUT2D eigenvalue weighted by Crippen LogP contribution is 2.10. The average Bonchev–Trinajstić information content (AvgIpc) is 2.34. The zero-order chi connectivity index (χ0) is 13.4. The summed E-state index contributed by atoms with van der Waals surface area (Å²) in [6, 6.07) is 0.340. The quantitative estimate of drug-likeness (QED) is 0.660. The second-order valence-corrected chi connectivity index (χ2v) is 4.03. The molecular weight excluding hydrogens is 232 g/mol. The number of hydrogen-bond donors (Lipinski definition) is 2. The molecule has 0 fully saturated rings. The zero-order valence-electron chi connectivity index (χ0n) is 11.5. The summed E-state index contributed by atoms with van der Waals surface area (Å²) in [6.07, 6.45) is 1.03. The van der Waals surface area contributed by atoms with Crippen molar-refractivity contribution in [1.29, 1.82) is 0 Å². The van der Waals surface area contributed by atoms with E-state index in [0.717, 1.165) is 19.5 Å². The number of nitrogens with one attached hydrogen (secondary N) is 2. The van der Waals surface area contributed by atoms with Gasteiger partial charge in [0.25, 0.3) is 0 Å². The Morgan fingerprint density at radius 3 is 2.50 bits per heavy atom. The van der Waals surface area contributed by atoms with Crippen LogP contribution in [0.3, 0.4) is 0 Å². The summed E-state index contributed by atoms with van der Waals surface area (Å²) in [4.78, 5) is 14.6. The van der Waals surface area contributed by atoms with Gasteiger partial charge in [0.1, 0.15) is 0 Å². The van der Waals surface area contributed by atoms with Crippen molar-refractivity contribution < 1.29 is 4.74 Å². The minimum absolute atomic E-state index is 0.340. The van der Waals surface area contributed by atoms with Crippen LogP contribution in [0.2, 0.25) is 0 Å². The van der Waals surface area contributed by atoms with Crippen LogP contribution in [-0.2, 0) is 0 Å². The summed E-state index contributed by atoms with van der Waals surface area (Å²) in [7, 11) is 5.87. The Morgan fingerprint density at radius 2 is 1.89 bits per heavy atom. The van der Waals surface area contributed by atoms with Crippen molar-refractivity contribution in [3.63, 3.8) is 0 Å². The fraction of sp³-hybridized carbons (Fsp3) is 0.727. The van der Waals surface area contributed by atoms with Crippen LogP contribution in [0, 0.1) is 0 Å². The summed E-state index contributed by atoms with van der Waals surface area (Å²) in [6.45, 7) is 4.27. The normalized spacial score (nSPS) is 10.5. The van der Waals surface area contributed by atoms with Crippen LogP contribution in [0.15, 0.2) is 0 Å². The Hall–Kier alpha value is -1.63. The van der Waals surface area contributed by atoms with Gasteiger partial charge in [0.15, 0.2) is 0 Å². The van der Waals surface area contributed by atoms with Gasteiger partial charge in [-0.05, 0) is 34.0 Å². The van der Waals surface area contributed by atoms with E-state index in [9.17, 15) is 0 Å². The lowest BCUT2D eigenvalue weighted by atomic mass is 10.4. The zero-order valence-corrected chi connectivity index (χ0v) is 11.5. The largest absolute Gasteiger partial charge is 0.464 e. The first kappa shape index (κ1) is 14.4. The van der Waals surface area contributed by atoms with Crippen LogP contribution in [0.5, 0.6) is 6.01 Å². The van der Waals surface area contributed by atoms with Gasteiger partial charge in [0.05, 0.1) is 6.61 Å². The maximum atomic E-state index is 5.28. The second-order valence-electron chi connectivity index (χ2n) is 4.03. The molecule has 0 saturated heterocycles. The van der Waals surface area contributed by atoms with Crippen molar-refractivity contribution in [3.8, 4) is 6.01 Å². The number of anilines is 2. The highest BCUT2D eigenvalue weighted by atomic mass is 16.5. The number of ether oxygens (including phenoxy) is 1. The lowest BCUT2D eigenvalue weighted by molar-refractivity contribution is 0.312. The van der Waals surface area contributed by atoms with E-state index < -0.39 is 0 Å². The third kappa shape index (κ3) is 5.13. The molecule has 0 aliphatic carbocycles. The lowest BCUT2D eigenvalue weighted by Crippen LogP contribution is -2.17. The van der Waals surface area contributed by atoms with E-state index in [2.05, 4.69) is 44.6 Å². The highest BCUT2D eigenvalue weighted by molar-refractivity contribution is 5.35. The molecule has 0 aromatic carbocycles. The standard InChI is InChI=1S/C11H22N6O/c1-5-18-11-15-9(12-2)14-10(16-11)13-7-6-8-17(3)4/h5-8H2,1-4H3,(H2,12,13,14,15,16). The molecule has 0 aliphatic rings. The van der Waals surface area contributed by atoms with Crippen LogP contribution >= 0.6 is 0 Å². The maximum Gasteiger partial charge on any atom is 0.323 e. The second kappa shape index (κ2) is 7.65. The molecule has 0 atom stereocenters. The van der Waals surface area contributed by atoms with E-state index in [1.165, 1.54) is 0 Å². The first-order valence-corrected chi connectivity index (χ1v) is 6.11. The molecule has 0 radical (unpaired) electrons. The predicted molar refractivity (Wildman–Crippen MR) is 72.2 cm³/mol. The topological polar surface area (TPSA) is 75.2 Å². The average molecular weight is 254 g/mol. The van der Waals surface area contributed by atoms with Gasteiger partial charge in [-0.25, -0.2) is 0 Å². The summed E-state index contributed by atoms with van der Waals surface area (Å²) in [5.74, 6) is 1.04. The molecule has 7 heteroatoms. The lowest BCUT2D eigenvalue weighted by Gasteiger charge is -2.11. The number of aromatic nitrogens is 3. The SMILES string of the molecule is CCOc1nc(NC)nc(NCCCN(C)C)n1. The third-order valence-electron chi connectivity index (χ3n) is 2.18. The van der Waals surface area contributed by atoms with E-state index in [-0.39, 0.29) is 0 Å². The molecule has 102 valence electrons. The highest BCUT2D eigenvalue weighted by Gasteiger charge is 2.05. The van der Waals surface area contributed by atoms with Crippen molar-refractivity contribution in [2.45, 2.75) is 13.3 Å². The predicted octanol–water partition coefficient (Wildman–Crippen LogP) is 0.676. The summed E-state index contributed by atoms with van der Waals surface area (Å²) < 4.78 is 5.28. The number of nitrogens with zero attached hydrogens (tertiary/aromatic N) is 4. The van der Waals surface area contributed by atoms with Gasteiger partial charge in [-0.3, -0.25) is 0 Å². The minimum Gasteiger partial charge on any atom is -0.464 e. The molecule has 0 bridgehead atoms. The van der Waals surface area contributed by atoms with Crippen molar-refractivity contribution in [3.05, 3.63) is 0 Å². The molecule has 18 heavy (non-hydrogen) atoms. The van der Waals surface area contributed by atoms with Crippen LogP contribution in [0.4, 0.5) is 11.9 Å². The van der Waals surface area contributed by atoms with Crippen LogP contribution in [-0.4, -0.2) is 60.7 Å². The summed E-state index contributed by atoms with van der Waals surface area (Å²) in [5, 5.41) is 6.05. The van der Waals surface area contributed by atoms with Gasteiger partial charge in [-0.2, -0.15) is 15.0 Å². The molecule has 1 rings (SSSR count). The van der Waals surface area contributed by atoms with E-state index in [1.807, 2.05) is 6.92 Å². The van der Waals surface area contributed by atoms with E-state index >= 15 is 0 Å². The maximum absolute atomic E-state index is 5.28. The Bertz CT molecular complexity index is 357. The van der Waals surface area contributed by atoms with Gasteiger partial charge in [-0.1, -0.05) is 0 Å². The smallest absolute Gasteiger partial charge is 0.323 e. The van der Waals surface area contributed by atoms with E-state index in [1.54, 1.807) is 7.05 Å². The monoisotopic (exact) mass is 254 g/mol. The molecule has 1 heterocycles. The molecule has 0 aliphatic heterocycles. The Balaban J connectivity index is 2.55. The van der Waals surface area contributed by atoms with Crippen LogP contribution < -0.4 is 15.4 Å². The molecule has 0 unspecified atom stereocenters. The van der Waals surface area contributed by atoms with E-state index in [0.29, 0.717) is 24.5 Å². The van der Waals surface area contributed by atoms with Crippen molar-refractivity contribution in [1.82, 2.24) is 19.9 Å². The molecule has 0 amide bonds. The molecule has 1 aromatic heterocycles. The molecular formula is C11H22N6O. The summed E-state index contributed by atoms with van der Waals surface area (Å²) in [5.41, 5.74) is 0. The molecule has 2 N–H and O–H groups in total. The van der Waals surface area contributed by atoms with E-state index in [4.69, 9.17) is 4.74 Å². The third-order valence-corrected chi connectivity index (χ3v) is 2.18. The Morgan fingerprint density at radius 1 is 1.17 bits per heavy atom. The van der Waals surface area contributed by atoms with Gasteiger partial charge >= 0.3 is 6.01 Å². The fourth-order valence-corrected chi connectivity index (χ4v) is 1.34. The van der Waals surface area contributed by atoms with Crippen LogP contribution in [0.25, 0.3) is 0 Å². The summed E-state index contributed by atoms with van der Waals surface area (Å²) >= 11 is 0. The first-order valence-electron chi connectivity index (χ1n) is 6.11.